The number of nitrogens with one attached hydrogen (secondary N) is 1. The molecule has 0 radical (unpaired) electrons. The molecule has 4 fully saturated rings. The van der Waals surface area contributed by atoms with Gasteiger partial charge in [0.2, 0.25) is 5.91 Å². The van der Waals surface area contributed by atoms with Crippen LogP contribution in [0.25, 0.3) is 0 Å². The van der Waals surface area contributed by atoms with E-state index in [1.54, 1.807) is 4.90 Å². The molecule has 1 aliphatic carbocycles. The quantitative estimate of drug-likeness (QED) is 0.650. The molecular formula is C28H40N4O4. The Morgan fingerprint density at radius 1 is 1.08 bits per heavy atom. The Morgan fingerprint density at radius 2 is 1.75 bits per heavy atom. The smallest absolute Gasteiger partial charge is 0.251 e. The van der Waals surface area contributed by atoms with Gasteiger partial charge in [-0.15, -0.1) is 0 Å². The molecule has 196 valence electrons. The van der Waals surface area contributed by atoms with Crippen LogP contribution in [0.15, 0.2) is 24.3 Å². The van der Waals surface area contributed by atoms with E-state index in [0.29, 0.717) is 24.4 Å². The maximum Gasteiger partial charge on any atom is 0.251 e. The molecule has 3 heterocycles. The minimum Gasteiger partial charge on any atom is -0.369 e. The van der Waals surface area contributed by atoms with Crippen LogP contribution in [-0.2, 0) is 14.3 Å². The average Bonchev–Trinajstić information content (AvgIpc) is 3.51. The van der Waals surface area contributed by atoms with E-state index >= 15 is 0 Å². The minimum absolute atomic E-state index is 0.0168. The number of rotatable bonds is 6. The van der Waals surface area contributed by atoms with Gasteiger partial charge in [0, 0.05) is 49.9 Å². The van der Waals surface area contributed by atoms with Crippen molar-refractivity contribution >= 4 is 23.3 Å². The molecule has 3 saturated heterocycles. The van der Waals surface area contributed by atoms with Gasteiger partial charge in [-0.2, -0.15) is 0 Å². The summed E-state index contributed by atoms with van der Waals surface area (Å²) in [5.74, 6) is 0.321. The zero-order valence-corrected chi connectivity index (χ0v) is 22.0. The predicted octanol–water partition coefficient (Wildman–Crippen LogP) is 2.18. The van der Waals surface area contributed by atoms with Gasteiger partial charge in [0.05, 0.1) is 6.10 Å². The summed E-state index contributed by atoms with van der Waals surface area (Å²) in [6, 6.07) is 6.45. The Bertz CT molecular complexity index is 992. The number of anilines is 1. The van der Waals surface area contributed by atoms with E-state index in [-0.39, 0.29) is 41.6 Å². The van der Waals surface area contributed by atoms with Crippen LogP contribution in [-0.4, -0.2) is 92.0 Å². The van der Waals surface area contributed by atoms with E-state index < -0.39 is 12.1 Å². The van der Waals surface area contributed by atoms with Crippen LogP contribution in [0, 0.1) is 17.3 Å². The molecule has 3 aliphatic heterocycles. The van der Waals surface area contributed by atoms with Gasteiger partial charge in [-0.05, 0) is 61.9 Å². The van der Waals surface area contributed by atoms with E-state index in [2.05, 4.69) is 42.9 Å². The summed E-state index contributed by atoms with van der Waals surface area (Å²) < 4.78 is 5.84. The van der Waals surface area contributed by atoms with Crippen LogP contribution in [0.5, 0.6) is 0 Å². The monoisotopic (exact) mass is 496 g/mol. The molecule has 0 spiro atoms. The molecule has 4 atom stereocenters. The second kappa shape index (κ2) is 9.78. The highest BCUT2D eigenvalue weighted by atomic mass is 16.5. The summed E-state index contributed by atoms with van der Waals surface area (Å²) in [7, 11) is 2.13. The van der Waals surface area contributed by atoms with Gasteiger partial charge < -0.3 is 24.8 Å². The fourth-order valence-corrected chi connectivity index (χ4v) is 6.00. The summed E-state index contributed by atoms with van der Waals surface area (Å²) in [4.78, 5) is 46.2. The SMILES string of the molecule is CN1CCN(c2ccc(C(=O)NC(CC(C)(C)C)C(=O)N3C[C@@H](C4CC4)[C@H]4OCC(=O)[C@H]43)cc2)CC1. The molecule has 1 aromatic carbocycles. The molecule has 8 nitrogen and oxygen atoms in total. The van der Waals surface area contributed by atoms with Crippen molar-refractivity contribution < 1.29 is 19.1 Å². The van der Waals surface area contributed by atoms with Crippen LogP contribution >= 0.6 is 0 Å². The first kappa shape index (κ1) is 25.2. The van der Waals surface area contributed by atoms with Crippen molar-refractivity contribution in [2.45, 2.75) is 58.2 Å². The van der Waals surface area contributed by atoms with Crippen LogP contribution in [0.2, 0.25) is 0 Å². The lowest BCUT2D eigenvalue weighted by Gasteiger charge is -2.34. The standard InChI is InChI=1S/C28H40N4O4/c1-28(2,3)15-22(27(35)32-16-21(18-5-6-18)25-24(32)23(33)17-36-25)29-26(34)19-7-9-20(10-8-19)31-13-11-30(4)12-14-31/h7-10,18,21-22,24-25H,5-6,11-17H2,1-4H3,(H,29,34)/t21-,22?,24+,25+/m0/s1. The number of likely N-dealkylation sites (tertiary alicyclic amines) is 1. The van der Waals surface area contributed by atoms with Crippen LogP contribution in [0.3, 0.4) is 0 Å². The number of piperazine rings is 1. The number of hydrogen-bond acceptors (Lipinski definition) is 6. The molecule has 5 rings (SSSR count). The van der Waals surface area contributed by atoms with Crippen molar-refractivity contribution in [3.63, 3.8) is 0 Å². The number of Topliss-reactive ketones (excluding diaryl/α,β-unsaturated/α-hetero) is 1. The highest BCUT2D eigenvalue weighted by Crippen LogP contribution is 2.46. The molecular weight excluding hydrogens is 456 g/mol. The largest absolute Gasteiger partial charge is 0.369 e. The summed E-state index contributed by atoms with van der Waals surface area (Å²) in [5, 5.41) is 3.02. The number of carbonyl (C=O) groups is 3. The molecule has 1 unspecified atom stereocenters. The molecule has 36 heavy (non-hydrogen) atoms. The summed E-state index contributed by atoms with van der Waals surface area (Å²) >= 11 is 0. The lowest BCUT2D eigenvalue weighted by molar-refractivity contribution is -0.138. The highest BCUT2D eigenvalue weighted by molar-refractivity contribution is 5.99. The first-order valence-electron chi connectivity index (χ1n) is 13.4. The number of hydrogen-bond donors (Lipinski definition) is 1. The second-order valence-corrected chi connectivity index (χ2v) is 12.3. The van der Waals surface area contributed by atoms with Gasteiger partial charge in [-0.1, -0.05) is 20.8 Å². The number of benzene rings is 1. The maximum atomic E-state index is 13.8. The van der Waals surface area contributed by atoms with Crippen molar-refractivity contribution in [1.29, 1.82) is 0 Å². The average molecular weight is 497 g/mol. The van der Waals surface area contributed by atoms with E-state index in [0.717, 1.165) is 44.7 Å². The number of ketones is 1. The van der Waals surface area contributed by atoms with Crippen LogP contribution in [0.4, 0.5) is 5.69 Å². The third kappa shape index (κ3) is 5.30. The van der Waals surface area contributed by atoms with Gasteiger partial charge in [-0.3, -0.25) is 14.4 Å². The summed E-state index contributed by atoms with van der Waals surface area (Å²) in [6.45, 7) is 10.8. The molecule has 0 bridgehead atoms. The number of likely N-dealkylation sites (N-methyl/N-ethyl adjacent to an activating group) is 1. The number of carbonyl (C=O) groups excluding carboxylic acids is 3. The topological polar surface area (TPSA) is 82.2 Å². The van der Waals surface area contributed by atoms with Gasteiger partial charge in [0.25, 0.3) is 5.91 Å². The Hall–Kier alpha value is -2.45. The summed E-state index contributed by atoms with van der Waals surface area (Å²) in [5.41, 5.74) is 1.47. The third-order valence-corrected chi connectivity index (χ3v) is 8.15. The Kier molecular flexibility index (Phi) is 6.85. The second-order valence-electron chi connectivity index (χ2n) is 12.3. The molecule has 1 aromatic rings. The third-order valence-electron chi connectivity index (χ3n) is 8.15. The Balaban J connectivity index is 1.30. The minimum atomic E-state index is -0.693. The van der Waals surface area contributed by atoms with Gasteiger partial charge in [-0.25, -0.2) is 0 Å². The van der Waals surface area contributed by atoms with Crippen molar-refractivity contribution in [3.05, 3.63) is 29.8 Å². The van der Waals surface area contributed by atoms with Crippen LogP contribution in [0.1, 0.15) is 50.4 Å². The lowest BCUT2D eigenvalue weighted by Crippen LogP contribution is -2.53. The zero-order chi connectivity index (χ0) is 25.6. The number of fused-ring (bicyclic) bond motifs is 1. The van der Waals surface area contributed by atoms with Gasteiger partial charge in [0.1, 0.15) is 18.7 Å². The molecule has 8 heteroatoms. The van der Waals surface area contributed by atoms with Crippen molar-refractivity contribution in [1.82, 2.24) is 15.1 Å². The highest BCUT2D eigenvalue weighted by Gasteiger charge is 2.56. The number of ether oxygens (including phenoxy) is 1. The number of nitrogens with zero attached hydrogens (tertiary/aromatic N) is 3. The molecule has 1 N–H and O–H groups in total. The Morgan fingerprint density at radius 3 is 2.36 bits per heavy atom. The van der Waals surface area contributed by atoms with E-state index in [9.17, 15) is 14.4 Å². The van der Waals surface area contributed by atoms with Gasteiger partial charge in [0.15, 0.2) is 5.78 Å². The van der Waals surface area contributed by atoms with Crippen LogP contribution < -0.4 is 10.2 Å². The number of amides is 2. The molecule has 1 saturated carbocycles. The van der Waals surface area contributed by atoms with Crippen molar-refractivity contribution in [3.8, 4) is 0 Å². The van der Waals surface area contributed by atoms with E-state index in [1.165, 1.54) is 0 Å². The van der Waals surface area contributed by atoms with Crippen molar-refractivity contribution in [2.24, 2.45) is 17.3 Å². The Labute approximate surface area is 214 Å². The van der Waals surface area contributed by atoms with Crippen molar-refractivity contribution in [2.75, 3.05) is 51.3 Å². The summed E-state index contributed by atoms with van der Waals surface area (Å²) in [6.07, 6.45) is 2.58. The van der Waals surface area contributed by atoms with E-state index in [1.807, 2.05) is 24.3 Å². The molecule has 0 aromatic heterocycles. The lowest BCUT2D eigenvalue weighted by atomic mass is 9.87. The molecule has 2 amide bonds. The first-order chi connectivity index (χ1) is 17.1. The normalized spacial score (nSPS) is 27.8. The first-order valence-corrected chi connectivity index (χ1v) is 13.4. The zero-order valence-electron chi connectivity index (χ0n) is 22.0. The maximum absolute atomic E-state index is 13.8. The predicted molar refractivity (Wildman–Crippen MR) is 138 cm³/mol. The fraction of sp³-hybridized carbons (Fsp3) is 0.679. The van der Waals surface area contributed by atoms with E-state index in [4.69, 9.17) is 4.74 Å². The van der Waals surface area contributed by atoms with Gasteiger partial charge >= 0.3 is 0 Å². The fourth-order valence-electron chi connectivity index (χ4n) is 6.00. The molecule has 4 aliphatic rings.